The van der Waals surface area contributed by atoms with Gasteiger partial charge >= 0.3 is 5.51 Å². The lowest BCUT2D eigenvalue weighted by atomic mass is 10.1. The molecule has 3 nitrogen and oxygen atoms in total. The summed E-state index contributed by atoms with van der Waals surface area (Å²) in [6.07, 6.45) is 1.70. The topological polar surface area (TPSA) is 29.9 Å². The van der Waals surface area contributed by atoms with Crippen molar-refractivity contribution < 1.29 is 13.2 Å². The fourth-order valence-corrected chi connectivity index (χ4v) is 1.74. The summed E-state index contributed by atoms with van der Waals surface area (Å²) < 4.78 is 37.4. The molecule has 0 unspecified atom stereocenters. The number of alkyl halides is 3. The molecule has 0 aromatic carbocycles. The first-order chi connectivity index (χ1) is 8.16. The van der Waals surface area contributed by atoms with E-state index >= 15 is 0 Å². The fraction of sp³-hybridized carbons (Fsp3) is 0.727. The van der Waals surface area contributed by atoms with Crippen molar-refractivity contribution in [2.24, 2.45) is 0 Å². The number of nitrogens with zero attached hydrogens (tertiary/aromatic N) is 2. The zero-order chi connectivity index (χ0) is 13.8. The van der Waals surface area contributed by atoms with Crippen molar-refractivity contribution in [3.05, 3.63) is 18.0 Å². The van der Waals surface area contributed by atoms with Crippen LogP contribution in [0.5, 0.6) is 0 Å². The molecule has 1 rings (SSSR count). The second-order valence-electron chi connectivity index (χ2n) is 4.97. The van der Waals surface area contributed by atoms with Crippen LogP contribution in [-0.2, 0) is 13.1 Å². The number of rotatable bonds is 5. The van der Waals surface area contributed by atoms with Crippen LogP contribution in [-0.4, -0.2) is 26.6 Å². The van der Waals surface area contributed by atoms with E-state index in [1.165, 1.54) is 0 Å². The Morgan fingerprint density at radius 3 is 2.56 bits per heavy atom. The van der Waals surface area contributed by atoms with E-state index < -0.39 is 5.51 Å². The van der Waals surface area contributed by atoms with Crippen LogP contribution in [0.15, 0.2) is 12.3 Å². The van der Waals surface area contributed by atoms with E-state index in [1.807, 2.05) is 26.8 Å². The summed E-state index contributed by atoms with van der Waals surface area (Å²) in [6, 6.07) is 1.82. The number of aryl methyl sites for hydroxylation is 1. The van der Waals surface area contributed by atoms with Crippen molar-refractivity contribution >= 4 is 11.8 Å². The van der Waals surface area contributed by atoms with Gasteiger partial charge in [0.2, 0.25) is 0 Å². The first-order valence-corrected chi connectivity index (χ1v) is 6.62. The highest BCUT2D eigenvalue weighted by Gasteiger charge is 2.27. The van der Waals surface area contributed by atoms with Gasteiger partial charge in [-0.25, -0.2) is 0 Å². The molecule has 1 N–H and O–H groups in total. The maximum atomic E-state index is 11.9. The highest BCUT2D eigenvalue weighted by atomic mass is 32.2. The first-order valence-electron chi connectivity index (χ1n) is 5.64. The van der Waals surface area contributed by atoms with Crippen molar-refractivity contribution in [3.63, 3.8) is 0 Å². The van der Waals surface area contributed by atoms with Crippen LogP contribution in [0, 0.1) is 0 Å². The number of aromatic nitrogens is 2. The van der Waals surface area contributed by atoms with E-state index in [1.54, 1.807) is 10.9 Å². The molecule has 0 saturated carbocycles. The minimum atomic E-state index is -4.16. The molecule has 104 valence electrons. The monoisotopic (exact) mass is 281 g/mol. The van der Waals surface area contributed by atoms with Crippen molar-refractivity contribution in [2.45, 2.75) is 44.9 Å². The zero-order valence-electron chi connectivity index (χ0n) is 10.7. The highest BCUT2D eigenvalue weighted by Crippen LogP contribution is 2.29. The number of hydrogen-bond acceptors (Lipinski definition) is 3. The van der Waals surface area contributed by atoms with Crippen LogP contribution in [0.4, 0.5) is 13.2 Å². The molecule has 0 aliphatic heterocycles. The van der Waals surface area contributed by atoms with Crippen LogP contribution in [0.2, 0.25) is 0 Å². The van der Waals surface area contributed by atoms with Crippen LogP contribution in [0.1, 0.15) is 26.5 Å². The molecule has 1 aromatic rings. The third kappa shape index (κ3) is 6.90. The van der Waals surface area contributed by atoms with Crippen LogP contribution < -0.4 is 5.32 Å². The van der Waals surface area contributed by atoms with Gasteiger partial charge in [-0.1, -0.05) is 0 Å². The zero-order valence-corrected chi connectivity index (χ0v) is 11.5. The van der Waals surface area contributed by atoms with E-state index in [-0.39, 0.29) is 29.6 Å². The third-order valence-corrected chi connectivity index (χ3v) is 2.80. The lowest BCUT2D eigenvalue weighted by molar-refractivity contribution is -0.0328. The van der Waals surface area contributed by atoms with Crippen LogP contribution >= 0.6 is 11.8 Å². The molecule has 1 aromatic heterocycles. The molecule has 18 heavy (non-hydrogen) atoms. The predicted molar refractivity (Wildman–Crippen MR) is 67.3 cm³/mol. The van der Waals surface area contributed by atoms with Crippen molar-refractivity contribution in [1.82, 2.24) is 15.1 Å². The normalized spacial score (nSPS) is 13.0. The molecule has 7 heteroatoms. The minimum Gasteiger partial charge on any atom is -0.306 e. The van der Waals surface area contributed by atoms with Gasteiger partial charge in [0.25, 0.3) is 0 Å². The van der Waals surface area contributed by atoms with E-state index in [9.17, 15) is 13.2 Å². The number of hydrogen-bond donors (Lipinski definition) is 1. The molecule has 1 heterocycles. The van der Waals surface area contributed by atoms with E-state index in [2.05, 4.69) is 10.4 Å². The fourth-order valence-electron chi connectivity index (χ4n) is 1.23. The highest BCUT2D eigenvalue weighted by molar-refractivity contribution is 8.00. The predicted octanol–water partition coefficient (Wildman–Crippen LogP) is 3.02. The van der Waals surface area contributed by atoms with E-state index in [4.69, 9.17) is 0 Å². The summed E-state index contributed by atoms with van der Waals surface area (Å²) in [5.74, 6) is -0.0165. The minimum absolute atomic E-state index is 0.00405. The summed E-state index contributed by atoms with van der Waals surface area (Å²) in [7, 11) is 0. The Hall–Kier alpha value is -0.690. The SMILES string of the molecule is CC(C)(C)NCc1ccn(CCSC(F)(F)F)n1. The Labute approximate surface area is 109 Å². The maximum absolute atomic E-state index is 11.9. The maximum Gasteiger partial charge on any atom is 0.441 e. The lowest BCUT2D eigenvalue weighted by Gasteiger charge is -2.19. The van der Waals surface area contributed by atoms with Gasteiger partial charge in [-0.15, -0.1) is 0 Å². The molecule has 0 aliphatic rings. The van der Waals surface area contributed by atoms with Gasteiger partial charge in [0.05, 0.1) is 12.2 Å². The average Bonchev–Trinajstić information content (AvgIpc) is 2.60. The largest absolute Gasteiger partial charge is 0.441 e. The molecule has 0 bridgehead atoms. The number of thioether (sulfide) groups is 1. The summed E-state index contributed by atoms with van der Waals surface area (Å²) in [6.45, 7) is 7.01. The Balaban J connectivity index is 2.35. The second kappa shape index (κ2) is 5.97. The number of nitrogens with one attached hydrogen (secondary N) is 1. The smallest absolute Gasteiger partial charge is 0.306 e. The van der Waals surface area contributed by atoms with E-state index in [0.717, 1.165) is 5.69 Å². The Bertz CT molecular complexity index is 368. The van der Waals surface area contributed by atoms with Gasteiger partial charge in [-0.05, 0) is 38.6 Å². The van der Waals surface area contributed by atoms with Gasteiger partial charge in [0.15, 0.2) is 0 Å². The summed E-state index contributed by atoms with van der Waals surface area (Å²) in [5, 5.41) is 7.48. The molecule has 0 amide bonds. The van der Waals surface area contributed by atoms with Crippen molar-refractivity contribution in [1.29, 1.82) is 0 Å². The second-order valence-corrected chi connectivity index (χ2v) is 6.13. The Morgan fingerprint density at radius 1 is 1.33 bits per heavy atom. The average molecular weight is 281 g/mol. The molecule has 0 spiro atoms. The Kier molecular flexibility index (Phi) is 5.10. The van der Waals surface area contributed by atoms with Gasteiger partial charge in [0, 0.05) is 24.0 Å². The van der Waals surface area contributed by atoms with Gasteiger partial charge in [0.1, 0.15) is 0 Å². The van der Waals surface area contributed by atoms with Gasteiger partial charge in [-0.3, -0.25) is 4.68 Å². The summed E-state index contributed by atoms with van der Waals surface area (Å²) in [4.78, 5) is 0. The van der Waals surface area contributed by atoms with Crippen molar-refractivity contribution in [3.8, 4) is 0 Å². The van der Waals surface area contributed by atoms with Crippen molar-refractivity contribution in [2.75, 3.05) is 5.75 Å². The molecular weight excluding hydrogens is 263 g/mol. The molecule has 0 atom stereocenters. The standard InChI is InChI=1S/C11H18F3N3S/c1-10(2,3)15-8-9-4-5-17(16-9)6-7-18-11(12,13)14/h4-5,15H,6-8H2,1-3H3. The molecule has 0 radical (unpaired) electrons. The first kappa shape index (κ1) is 15.4. The lowest BCUT2D eigenvalue weighted by Crippen LogP contribution is -2.35. The summed E-state index contributed by atoms with van der Waals surface area (Å²) in [5.41, 5.74) is -3.33. The molecule has 0 aliphatic carbocycles. The Morgan fingerprint density at radius 2 is 2.00 bits per heavy atom. The van der Waals surface area contributed by atoms with Crippen LogP contribution in [0.3, 0.4) is 0 Å². The molecule has 0 fully saturated rings. The summed E-state index contributed by atoms with van der Waals surface area (Å²) >= 11 is -0.0212. The molecule has 0 saturated heterocycles. The molecular formula is C11H18F3N3S. The van der Waals surface area contributed by atoms with E-state index in [0.29, 0.717) is 6.54 Å². The quantitative estimate of drug-likeness (QED) is 0.899. The van der Waals surface area contributed by atoms with Crippen LogP contribution in [0.25, 0.3) is 0 Å². The van der Waals surface area contributed by atoms with Gasteiger partial charge in [-0.2, -0.15) is 18.3 Å². The van der Waals surface area contributed by atoms with Gasteiger partial charge < -0.3 is 5.32 Å². The number of halogens is 3. The third-order valence-electron chi connectivity index (χ3n) is 2.08.